The maximum Gasteiger partial charge on any atom is 0.237 e. The number of hydrogen-bond donors (Lipinski definition) is 0. The average Bonchev–Trinajstić information content (AvgIpc) is 2.89. The van der Waals surface area contributed by atoms with Crippen molar-refractivity contribution in [2.75, 3.05) is 31.6 Å². The number of likely N-dealkylation sites (N-methyl/N-ethyl adjacent to an activating group) is 1. The van der Waals surface area contributed by atoms with Crippen molar-refractivity contribution in [3.63, 3.8) is 0 Å². The number of rotatable bonds is 7. The maximum absolute atomic E-state index is 12.9. The van der Waals surface area contributed by atoms with Gasteiger partial charge in [0.15, 0.2) is 9.84 Å². The van der Waals surface area contributed by atoms with Gasteiger partial charge >= 0.3 is 0 Å². The summed E-state index contributed by atoms with van der Waals surface area (Å²) in [6, 6.07) is 5.21. The van der Waals surface area contributed by atoms with Crippen LogP contribution in [0.4, 0.5) is 0 Å². The Labute approximate surface area is 166 Å². The molecule has 26 heavy (non-hydrogen) atoms. The largest absolute Gasteiger partial charge is 0.337 e. The second-order valence-corrected chi connectivity index (χ2v) is 10.4. The van der Waals surface area contributed by atoms with Gasteiger partial charge in [-0.15, -0.1) is 0 Å². The van der Waals surface area contributed by atoms with Crippen LogP contribution in [0.3, 0.4) is 0 Å². The van der Waals surface area contributed by atoms with Crippen LogP contribution in [0, 0.1) is 5.92 Å². The van der Waals surface area contributed by atoms with Gasteiger partial charge in [-0.2, -0.15) is 0 Å². The predicted octanol–water partition coefficient (Wildman–Crippen LogP) is 3.10. The highest BCUT2D eigenvalue weighted by atomic mass is 35.5. The molecule has 1 heterocycles. The number of halogens is 2. The first-order valence-electron chi connectivity index (χ1n) is 8.70. The van der Waals surface area contributed by atoms with E-state index in [1.54, 1.807) is 11.0 Å². The van der Waals surface area contributed by atoms with E-state index in [2.05, 4.69) is 0 Å². The Kier molecular flexibility index (Phi) is 7.36. The fraction of sp³-hybridized carbons (Fsp3) is 0.611. The van der Waals surface area contributed by atoms with Crippen LogP contribution >= 0.6 is 23.2 Å². The van der Waals surface area contributed by atoms with E-state index >= 15 is 0 Å². The molecule has 1 saturated heterocycles. The molecule has 2 rings (SSSR count). The Morgan fingerprint density at radius 3 is 2.58 bits per heavy atom. The van der Waals surface area contributed by atoms with E-state index in [9.17, 15) is 13.2 Å². The first kappa shape index (κ1) is 21.5. The van der Waals surface area contributed by atoms with Crippen molar-refractivity contribution in [1.82, 2.24) is 9.80 Å². The second kappa shape index (κ2) is 8.91. The Morgan fingerprint density at radius 2 is 2.00 bits per heavy atom. The number of carbonyl (C=O) groups is 1. The molecule has 0 aliphatic carbocycles. The summed E-state index contributed by atoms with van der Waals surface area (Å²) in [6.45, 7) is 5.30. The Balaban J connectivity index is 2.05. The summed E-state index contributed by atoms with van der Waals surface area (Å²) in [7, 11) is -1.20. The number of carbonyl (C=O) groups excluding carboxylic acids is 1. The molecule has 1 fully saturated rings. The third-order valence-corrected chi connectivity index (χ3v) is 7.02. The van der Waals surface area contributed by atoms with Crippen molar-refractivity contribution in [2.45, 2.75) is 32.9 Å². The molecule has 1 amide bonds. The molecular formula is C18H26Cl2N2O3S. The number of benzene rings is 1. The van der Waals surface area contributed by atoms with Gasteiger partial charge in [-0.05, 0) is 31.0 Å². The van der Waals surface area contributed by atoms with E-state index in [1.807, 2.05) is 37.9 Å². The minimum Gasteiger partial charge on any atom is -0.337 e. The zero-order valence-corrected chi connectivity index (χ0v) is 17.7. The van der Waals surface area contributed by atoms with E-state index in [-0.39, 0.29) is 35.9 Å². The highest BCUT2D eigenvalue weighted by Gasteiger charge is 2.35. The van der Waals surface area contributed by atoms with E-state index in [1.165, 1.54) is 0 Å². The lowest BCUT2D eigenvalue weighted by Gasteiger charge is -2.31. The molecule has 0 aromatic heterocycles. The minimum atomic E-state index is -3.04. The van der Waals surface area contributed by atoms with Crippen molar-refractivity contribution < 1.29 is 13.2 Å². The average molecular weight is 421 g/mol. The third kappa shape index (κ3) is 5.84. The van der Waals surface area contributed by atoms with Crippen molar-refractivity contribution in [3.05, 3.63) is 33.8 Å². The van der Waals surface area contributed by atoms with Crippen LogP contribution in [-0.4, -0.2) is 61.8 Å². The topological polar surface area (TPSA) is 57.7 Å². The first-order valence-corrected chi connectivity index (χ1v) is 11.3. The summed E-state index contributed by atoms with van der Waals surface area (Å²) in [5, 5.41) is 0.982. The molecule has 1 aromatic carbocycles. The number of sulfone groups is 1. The Hall–Kier alpha value is -0.820. The normalized spacial score (nSPS) is 19.3. The molecule has 1 aromatic rings. The molecule has 0 spiro atoms. The summed E-state index contributed by atoms with van der Waals surface area (Å²) in [6.07, 6.45) is 0.518. The van der Waals surface area contributed by atoms with Gasteiger partial charge in [-0.25, -0.2) is 8.42 Å². The molecule has 146 valence electrons. The van der Waals surface area contributed by atoms with Crippen LogP contribution in [0.1, 0.15) is 25.8 Å². The molecule has 1 aliphatic rings. The molecule has 1 aliphatic heterocycles. The van der Waals surface area contributed by atoms with Crippen molar-refractivity contribution in [2.24, 2.45) is 5.92 Å². The molecule has 8 heteroatoms. The fourth-order valence-corrected chi connectivity index (χ4v) is 5.32. The molecule has 0 radical (unpaired) electrons. The Morgan fingerprint density at radius 1 is 1.31 bits per heavy atom. The lowest BCUT2D eigenvalue weighted by atomic mass is 10.1. The zero-order chi connectivity index (χ0) is 19.5. The molecule has 1 atom stereocenters. The fourth-order valence-electron chi connectivity index (χ4n) is 3.21. The van der Waals surface area contributed by atoms with Crippen LogP contribution in [0.5, 0.6) is 0 Å². The van der Waals surface area contributed by atoms with Crippen LogP contribution in [0.25, 0.3) is 0 Å². The van der Waals surface area contributed by atoms with E-state index in [0.29, 0.717) is 29.6 Å². The molecular weight excluding hydrogens is 395 g/mol. The van der Waals surface area contributed by atoms with Crippen LogP contribution in [0.2, 0.25) is 10.0 Å². The lowest BCUT2D eigenvalue weighted by molar-refractivity contribution is -0.134. The maximum atomic E-state index is 12.9. The zero-order valence-electron chi connectivity index (χ0n) is 15.4. The monoisotopic (exact) mass is 420 g/mol. The van der Waals surface area contributed by atoms with Crippen molar-refractivity contribution in [1.29, 1.82) is 0 Å². The molecule has 0 bridgehead atoms. The van der Waals surface area contributed by atoms with Gasteiger partial charge in [0, 0.05) is 19.1 Å². The van der Waals surface area contributed by atoms with Gasteiger partial charge in [0.2, 0.25) is 5.91 Å². The third-order valence-electron chi connectivity index (χ3n) is 4.41. The number of hydrogen-bond acceptors (Lipinski definition) is 4. The quantitative estimate of drug-likeness (QED) is 0.679. The van der Waals surface area contributed by atoms with E-state index in [0.717, 1.165) is 5.56 Å². The Bertz CT molecular complexity index is 753. The van der Waals surface area contributed by atoms with Gasteiger partial charge in [-0.3, -0.25) is 9.69 Å². The molecule has 0 saturated carbocycles. The minimum absolute atomic E-state index is 0.0542. The van der Waals surface area contributed by atoms with Gasteiger partial charge in [0.1, 0.15) is 0 Å². The summed E-state index contributed by atoms with van der Waals surface area (Å²) >= 11 is 12.3. The SMILES string of the molecule is CC(C)CN(C(=O)CN(C)Cc1cccc(Cl)c1Cl)[C@@H]1CCS(=O)(=O)C1. The number of nitrogens with zero attached hydrogens (tertiary/aromatic N) is 2. The standard InChI is InChI=1S/C18H26Cl2N2O3S/c1-13(2)9-22(15-7-8-26(24,25)12-15)17(23)11-21(3)10-14-5-4-6-16(19)18(14)20/h4-6,13,15H,7-12H2,1-3H3/t15-/m1/s1. The second-order valence-electron chi connectivity index (χ2n) is 7.38. The van der Waals surface area contributed by atoms with Gasteiger partial charge in [0.05, 0.1) is 28.1 Å². The van der Waals surface area contributed by atoms with Gasteiger partial charge in [0.25, 0.3) is 0 Å². The number of amides is 1. The van der Waals surface area contributed by atoms with Crippen molar-refractivity contribution >= 4 is 38.9 Å². The van der Waals surface area contributed by atoms with Crippen LogP contribution in [-0.2, 0) is 21.2 Å². The predicted molar refractivity (Wildman–Crippen MR) is 106 cm³/mol. The summed E-state index contributed by atoms with van der Waals surface area (Å²) < 4.78 is 23.6. The smallest absolute Gasteiger partial charge is 0.237 e. The molecule has 0 N–H and O–H groups in total. The summed E-state index contributed by atoms with van der Waals surface area (Å²) in [5.41, 5.74) is 0.855. The molecule has 0 unspecified atom stereocenters. The van der Waals surface area contributed by atoms with Crippen LogP contribution < -0.4 is 0 Å². The lowest BCUT2D eigenvalue weighted by Crippen LogP contribution is -2.47. The van der Waals surface area contributed by atoms with Crippen LogP contribution in [0.15, 0.2) is 18.2 Å². The molecule has 5 nitrogen and oxygen atoms in total. The van der Waals surface area contributed by atoms with E-state index < -0.39 is 9.84 Å². The first-order chi connectivity index (χ1) is 12.1. The van der Waals surface area contributed by atoms with Gasteiger partial charge in [-0.1, -0.05) is 49.2 Å². The van der Waals surface area contributed by atoms with Crippen molar-refractivity contribution in [3.8, 4) is 0 Å². The highest BCUT2D eigenvalue weighted by molar-refractivity contribution is 7.91. The van der Waals surface area contributed by atoms with Gasteiger partial charge < -0.3 is 4.90 Å². The van der Waals surface area contributed by atoms with E-state index in [4.69, 9.17) is 23.2 Å². The summed E-state index contributed by atoms with van der Waals surface area (Å²) in [5.74, 6) is 0.444. The summed E-state index contributed by atoms with van der Waals surface area (Å²) in [4.78, 5) is 16.5. The highest BCUT2D eigenvalue weighted by Crippen LogP contribution is 2.26.